The van der Waals surface area contributed by atoms with Crippen molar-refractivity contribution in [3.05, 3.63) is 59.7 Å². The number of nitriles is 1. The van der Waals surface area contributed by atoms with E-state index in [2.05, 4.69) is 20.9 Å². The van der Waals surface area contributed by atoms with Gasteiger partial charge in [-0.15, -0.1) is 0 Å². The molecule has 120 valence electrons. The predicted octanol–water partition coefficient (Wildman–Crippen LogP) is 3.96. The van der Waals surface area contributed by atoms with Crippen LogP contribution in [-0.2, 0) is 0 Å². The molecule has 0 atom stereocenters. The lowest BCUT2D eigenvalue weighted by Crippen LogP contribution is -2.33. The standard InChI is InChI=1S/C19H17FN4/c20-14-4-5-16-17(12-22-18(16)10-14)13-6-8-24(9-7-13)19-3-1-2-15(11-21)23-19/h1-5,10,12-13,22H,6-9H2. The van der Waals surface area contributed by atoms with Crippen molar-refractivity contribution in [2.75, 3.05) is 18.0 Å². The Morgan fingerprint density at radius 3 is 2.83 bits per heavy atom. The summed E-state index contributed by atoms with van der Waals surface area (Å²) in [7, 11) is 0. The summed E-state index contributed by atoms with van der Waals surface area (Å²) >= 11 is 0. The Bertz CT molecular complexity index is 917. The summed E-state index contributed by atoms with van der Waals surface area (Å²) in [5, 5.41) is 10.1. The van der Waals surface area contributed by atoms with Gasteiger partial charge >= 0.3 is 0 Å². The lowest BCUT2D eigenvalue weighted by molar-refractivity contribution is 0.505. The van der Waals surface area contributed by atoms with Crippen molar-refractivity contribution in [3.8, 4) is 6.07 Å². The fourth-order valence-corrected chi connectivity index (χ4v) is 3.54. The van der Waals surface area contributed by atoms with Gasteiger partial charge in [-0.1, -0.05) is 6.07 Å². The number of nitrogens with zero attached hydrogens (tertiary/aromatic N) is 3. The third kappa shape index (κ3) is 2.61. The zero-order chi connectivity index (χ0) is 16.5. The largest absolute Gasteiger partial charge is 0.361 e. The molecule has 1 aromatic carbocycles. The Labute approximate surface area is 139 Å². The van der Waals surface area contributed by atoms with Gasteiger partial charge in [0.25, 0.3) is 0 Å². The highest BCUT2D eigenvalue weighted by molar-refractivity contribution is 5.83. The molecule has 1 saturated heterocycles. The molecule has 4 nitrogen and oxygen atoms in total. The van der Waals surface area contributed by atoms with Gasteiger partial charge in [-0.3, -0.25) is 0 Å². The summed E-state index contributed by atoms with van der Waals surface area (Å²) in [6.07, 6.45) is 4.05. The minimum absolute atomic E-state index is 0.214. The van der Waals surface area contributed by atoms with Gasteiger partial charge < -0.3 is 9.88 Å². The van der Waals surface area contributed by atoms with Crippen molar-refractivity contribution < 1.29 is 4.39 Å². The number of aromatic amines is 1. The van der Waals surface area contributed by atoms with E-state index in [9.17, 15) is 4.39 Å². The SMILES string of the molecule is N#Cc1cccc(N2CCC(c3c[nH]c4cc(F)ccc34)CC2)n1. The van der Waals surface area contributed by atoms with Gasteiger partial charge in [0.05, 0.1) is 0 Å². The fourth-order valence-electron chi connectivity index (χ4n) is 3.54. The second-order valence-electron chi connectivity index (χ2n) is 6.19. The van der Waals surface area contributed by atoms with Crippen molar-refractivity contribution in [1.82, 2.24) is 9.97 Å². The third-order valence-electron chi connectivity index (χ3n) is 4.78. The number of hydrogen-bond acceptors (Lipinski definition) is 3. The van der Waals surface area contributed by atoms with E-state index in [-0.39, 0.29) is 5.82 Å². The molecule has 0 amide bonds. The number of fused-ring (bicyclic) bond motifs is 1. The van der Waals surface area contributed by atoms with Crippen LogP contribution in [0, 0.1) is 17.1 Å². The van der Waals surface area contributed by atoms with Crippen LogP contribution >= 0.6 is 0 Å². The molecule has 3 aromatic rings. The highest BCUT2D eigenvalue weighted by Gasteiger charge is 2.23. The smallest absolute Gasteiger partial charge is 0.142 e. The Morgan fingerprint density at radius 2 is 2.04 bits per heavy atom. The van der Waals surface area contributed by atoms with Crippen LogP contribution in [0.25, 0.3) is 10.9 Å². The van der Waals surface area contributed by atoms with Crippen LogP contribution in [0.4, 0.5) is 10.2 Å². The van der Waals surface area contributed by atoms with Crippen LogP contribution in [0.3, 0.4) is 0 Å². The van der Waals surface area contributed by atoms with Crippen molar-refractivity contribution >= 4 is 16.7 Å². The molecule has 1 aliphatic heterocycles. The number of aromatic nitrogens is 2. The van der Waals surface area contributed by atoms with E-state index in [1.54, 1.807) is 12.1 Å². The number of rotatable bonds is 2. The molecule has 4 rings (SSSR count). The average Bonchev–Trinajstić information content (AvgIpc) is 3.05. The molecular formula is C19H17FN4. The molecule has 24 heavy (non-hydrogen) atoms. The molecule has 2 aromatic heterocycles. The third-order valence-corrected chi connectivity index (χ3v) is 4.78. The first-order valence-corrected chi connectivity index (χ1v) is 8.13. The summed E-state index contributed by atoms with van der Waals surface area (Å²) in [4.78, 5) is 9.79. The lowest BCUT2D eigenvalue weighted by Gasteiger charge is -2.32. The van der Waals surface area contributed by atoms with Crippen LogP contribution in [0.2, 0.25) is 0 Å². The minimum atomic E-state index is -0.214. The number of hydrogen-bond donors (Lipinski definition) is 1. The van der Waals surface area contributed by atoms with Crippen molar-refractivity contribution in [2.24, 2.45) is 0 Å². The number of H-pyrrole nitrogens is 1. The molecule has 0 spiro atoms. The fraction of sp³-hybridized carbons (Fsp3) is 0.263. The number of piperidine rings is 1. The first-order chi connectivity index (χ1) is 11.7. The van der Waals surface area contributed by atoms with Gasteiger partial charge in [0, 0.05) is 30.2 Å². The summed E-state index contributed by atoms with van der Waals surface area (Å²) < 4.78 is 13.3. The highest BCUT2D eigenvalue weighted by atomic mass is 19.1. The van der Waals surface area contributed by atoms with E-state index in [0.29, 0.717) is 11.6 Å². The van der Waals surface area contributed by atoms with Crippen LogP contribution in [0.1, 0.15) is 30.0 Å². The summed E-state index contributed by atoms with van der Waals surface area (Å²) in [6.45, 7) is 1.81. The topological polar surface area (TPSA) is 55.7 Å². The summed E-state index contributed by atoms with van der Waals surface area (Å²) in [6, 6.07) is 12.6. The van der Waals surface area contributed by atoms with E-state index in [1.807, 2.05) is 24.4 Å². The van der Waals surface area contributed by atoms with E-state index < -0.39 is 0 Å². The molecule has 0 aliphatic carbocycles. The van der Waals surface area contributed by atoms with Gasteiger partial charge in [0.15, 0.2) is 0 Å². The quantitative estimate of drug-likeness (QED) is 0.777. The predicted molar refractivity (Wildman–Crippen MR) is 91.4 cm³/mol. The van der Waals surface area contributed by atoms with E-state index in [4.69, 9.17) is 5.26 Å². The van der Waals surface area contributed by atoms with Gasteiger partial charge in [0.1, 0.15) is 23.4 Å². The molecular weight excluding hydrogens is 303 g/mol. The maximum absolute atomic E-state index is 13.3. The molecule has 1 N–H and O–H groups in total. The molecule has 0 bridgehead atoms. The molecule has 0 radical (unpaired) electrons. The average molecular weight is 320 g/mol. The maximum atomic E-state index is 13.3. The molecule has 0 unspecified atom stereocenters. The Hall–Kier alpha value is -2.87. The van der Waals surface area contributed by atoms with Crippen LogP contribution in [0.15, 0.2) is 42.6 Å². The number of anilines is 1. The Balaban J connectivity index is 1.52. The number of benzene rings is 1. The lowest BCUT2D eigenvalue weighted by atomic mass is 9.89. The van der Waals surface area contributed by atoms with Crippen molar-refractivity contribution in [2.45, 2.75) is 18.8 Å². The van der Waals surface area contributed by atoms with Gasteiger partial charge in [-0.25, -0.2) is 9.37 Å². The summed E-state index contributed by atoms with van der Waals surface area (Å²) in [5.41, 5.74) is 2.58. The second kappa shape index (κ2) is 5.97. The van der Waals surface area contributed by atoms with Gasteiger partial charge in [0.2, 0.25) is 0 Å². The highest BCUT2D eigenvalue weighted by Crippen LogP contribution is 2.34. The molecule has 0 saturated carbocycles. The zero-order valence-electron chi connectivity index (χ0n) is 13.2. The number of nitrogens with one attached hydrogen (secondary N) is 1. The Morgan fingerprint density at radius 1 is 1.21 bits per heavy atom. The van der Waals surface area contributed by atoms with Crippen molar-refractivity contribution in [1.29, 1.82) is 5.26 Å². The molecule has 1 aliphatic rings. The maximum Gasteiger partial charge on any atom is 0.142 e. The van der Waals surface area contributed by atoms with E-state index in [1.165, 1.54) is 11.6 Å². The summed E-state index contributed by atoms with van der Waals surface area (Å²) in [5.74, 6) is 1.11. The van der Waals surface area contributed by atoms with Gasteiger partial charge in [-0.05, 0) is 54.7 Å². The second-order valence-corrected chi connectivity index (χ2v) is 6.19. The molecule has 5 heteroatoms. The van der Waals surface area contributed by atoms with E-state index in [0.717, 1.165) is 42.7 Å². The normalized spacial score (nSPS) is 15.6. The number of pyridine rings is 1. The van der Waals surface area contributed by atoms with Crippen molar-refractivity contribution in [3.63, 3.8) is 0 Å². The first-order valence-electron chi connectivity index (χ1n) is 8.13. The Kier molecular flexibility index (Phi) is 3.66. The monoisotopic (exact) mass is 320 g/mol. The first kappa shape index (κ1) is 14.7. The van der Waals surface area contributed by atoms with Gasteiger partial charge in [-0.2, -0.15) is 5.26 Å². The van der Waals surface area contributed by atoms with Crippen LogP contribution in [0.5, 0.6) is 0 Å². The molecule has 3 heterocycles. The van der Waals surface area contributed by atoms with Crippen LogP contribution in [-0.4, -0.2) is 23.1 Å². The van der Waals surface area contributed by atoms with Crippen LogP contribution < -0.4 is 4.90 Å². The zero-order valence-corrected chi connectivity index (χ0v) is 13.2. The minimum Gasteiger partial charge on any atom is -0.361 e. The molecule has 1 fully saturated rings. The number of halogens is 1. The van der Waals surface area contributed by atoms with E-state index >= 15 is 0 Å².